The van der Waals surface area contributed by atoms with Gasteiger partial charge in [-0.25, -0.2) is 4.98 Å². The molecule has 1 fully saturated rings. The molecule has 0 spiro atoms. The molecule has 2 atom stereocenters. The van der Waals surface area contributed by atoms with Gasteiger partial charge >= 0.3 is 5.56 Å². The van der Waals surface area contributed by atoms with Crippen LogP contribution in [-0.4, -0.2) is 22.2 Å². The number of ether oxygens (including phenoxy) is 1. The predicted octanol–water partition coefficient (Wildman–Crippen LogP) is 0.769. The molecule has 0 radical (unpaired) electrons. The van der Waals surface area contributed by atoms with Crippen molar-refractivity contribution in [2.45, 2.75) is 38.8 Å². The molecule has 1 saturated carbocycles. The van der Waals surface area contributed by atoms with E-state index < -0.39 is 0 Å². The Morgan fingerprint density at radius 3 is 3.12 bits per heavy atom. The third-order valence-electron chi connectivity index (χ3n) is 3.38. The number of aryl methyl sites for hydroxylation is 1. The van der Waals surface area contributed by atoms with E-state index in [1.807, 2.05) is 6.92 Å². The molecule has 0 bridgehead atoms. The van der Waals surface area contributed by atoms with Crippen LogP contribution >= 0.6 is 0 Å². The minimum Gasteiger partial charge on any atom is -0.470 e. The van der Waals surface area contributed by atoms with E-state index in [4.69, 9.17) is 10.5 Å². The SMILES string of the molecule is CCn1ccnc(OC2CCCC2CN)c1=O. The molecule has 2 N–H and O–H groups in total. The van der Waals surface area contributed by atoms with E-state index in [0.717, 1.165) is 19.3 Å². The van der Waals surface area contributed by atoms with Crippen molar-refractivity contribution in [3.63, 3.8) is 0 Å². The Balaban J connectivity index is 2.16. The van der Waals surface area contributed by atoms with Crippen LogP contribution in [0.1, 0.15) is 26.2 Å². The molecule has 2 unspecified atom stereocenters. The van der Waals surface area contributed by atoms with Gasteiger partial charge < -0.3 is 15.0 Å². The fourth-order valence-electron chi connectivity index (χ4n) is 2.33. The van der Waals surface area contributed by atoms with E-state index in [2.05, 4.69) is 4.98 Å². The second-order valence-electron chi connectivity index (χ2n) is 4.41. The van der Waals surface area contributed by atoms with Crippen LogP contribution in [0, 0.1) is 5.92 Å². The Morgan fingerprint density at radius 1 is 1.59 bits per heavy atom. The molecule has 2 rings (SSSR count). The quantitative estimate of drug-likeness (QED) is 0.839. The molecule has 17 heavy (non-hydrogen) atoms. The summed E-state index contributed by atoms with van der Waals surface area (Å²) in [6, 6.07) is 0. The van der Waals surface area contributed by atoms with E-state index in [1.165, 1.54) is 0 Å². The van der Waals surface area contributed by atoms with Crippen LogP contribution in [0.15, 0.2) is 17.2 Å². The predicted molar refractivity (Wildman–Crippen MR) is 65.0 cm³/mol. The van der Waals surface area contributed by atoms with E-state index in [0.29, 0.717) is 19.0 Å². The summed E-state index contributed by atoms with van der Waals surface area (Å²) in [5.74, 6) is 0.561. The second-order valence-corrected chi connectivity index (χ2v) is 4.41. The van der Waals surface area contributed by atoms with E-state index in [-0.39, 0.29) is 17.5 Å². The molecule has 1 aliphatic carbocycles. The first kappa shape index (κ1) is 12.1. The van der Waals surface area contributed by atoms with Crippen LogP contribution in [-0.2, 0) is 6.54 Å². The average Bonchev–Trinajstić information content (AvgIpc) is 2.79. The molecule has 5 heteroatoms. The standard InChI is InChI=1S/C12H19N3O2/c1-2-15-7-6-14-11(12(15)16)17-10-5-3-4-9(10)8-13/h6-7,9-10H,2-5,8,13H2,1H3. The summed E-state index contributed by atoms with van der Waals surface area (Å²) in [6.45, 7) is 3.16. The summed E-state index contributed by atoms with van der Waals surface area (Å²) in [7, 11) is 0. The maximum atomic E-state index is 11.9. The summed E-state index contributed by atoms with van der Waals surface area (Å²) in [5, 5.41) is 0. The summed E-state index contributed by atoms with van der Waals surface area (Å²) in [4.78, 5) is 15.9. The van der Waals surface area contributed by atoms with Crippen molar-refractivity contribution < 1.29 is 4.74 Å². The smallest absolute Gasteiger partial charge is 0.313 e. The third-order valence-corrected chi connectivity index (χ3v) is 3.38. The van der Waals surface area contributed by atoms with Gasteiger partial charge in [0, 0.05) is 24.9 Å². The van der Waals surface area contributed by atoms with Crippen molar-refractivity contribution in [2.75, 3.05) is 6.54 Å². The van der Waals surface area contributed by atoms with Gasteiger partial charge in [0.1, 0.15) is 6.10 Å². The molecule has 0 amide bonds. The molecule has 1 heterocycles. The van der Waals surface area contributed by atoms with Crippen molar-refractivity contribution in [2.24, 2.45) is 11.7 Å². The molecule has 0 aliphatic heterocycles. The van der Waals surface area contributed by atoms with Crippen LogP contribution < -0.4 is 16.0 Å². The highest BCUT2D eigenvalue weighted by molar-refractivity contribution is 5.05. The number of aromatic nitrogens is 2. The second kappa shape index (κ2) is 5.31. The number of nitrogens with two attached hydrogens (primary N) is 1. The van der Waals surface area contributed by atoms with Gasteiger partial charge in [0.25, 0.3) is 5.88 Å². The fraction of sp³-hybridized carbons (Fsp3) is 0.667. The number of hydrogen-bond acceptors (Lipinski definition) is 4. The van der Waals surface area contributed by atoms with Crippen molar-refractivity contribution in [1.29, 1.82) is 0 Å². The Hall–Kier alpha value is -1.36. The minimum atomic E-state index is -0.155. The lowest BCUT2D eigenvalue weighted by Gasteiger charge is -2.18. The maximum Gasteiger partial charge on any atom is 0.313 e. The van der Waals surface area contributed by atoms with Crippen molar-refractivity contribution in [3.8, 4) is 5.88 Å². The maximum absolute atomic E-state index is 11.9. The zero-order chi connectivity index (χ0) is 12.3. The van der Waals surface area contributed by atoms with Crippen LogP contribution in [0.3, 0.4) is 0 Å². The topological polar surface area (TPSA) is 70.1 Å². The lowest BCUT2D eigenvalue weighted by atomic mass is 10.1. The van der Waals surface area contributed by atoms with E-state index >= 15 is 0 Å². The van der Waals surface area contributed by atoms with Gasteiger partial charge in [-0.15, -0.1) is 0 Å². The molecule has 1 aliphatic rings. The van der Waals surface area contributed by atoms with Crippen LogP contribution in [0.4, 0.5) is 0 Å². The van der Waals surface area contributed by atoms with Crippen LogP contribution in [0.25, 0.3) is 0 Å². The van der Waals surface area contributed by atoms with Gasteiger partial charge in [-0.2, -0.15) is 0 Å². The highest BCUT2D eigenvalue weighted by Crippen LogP contribution is 2.27. The number of rotatable bonds is 4. The van der Waals surface area contributed by atoms with Gasteiger partial charge in [-0.1, -0.05) is 0 Å². The van der Waals surface area contributed by atoms with Crippen molar-refractivity contribution >= 4 is 0 Å². The molecular formula is C12H19N3O2. The highest BCUT2D eigenvalue weighted by Gasteiger charge is 2.28. The van der Waals surface area contributed by atoms with Crippen LogP contribution in [0.5, 0.6) is 5.88 Å². The van der Waals surface area contributed by atoms with E-state index in [1.54, 1.807) is 17.0 Å². The summed E-state index contributed by atoms with van der Waals surface area (Å²) < 4.78 is 7.32. The molecule has 5 nitrogen and oxygen atoms in total. The lowest BCUT2D eigenvalue weighted by molar-refractivity contribution is 0.152. The monoisotopic (exact) mass is 237 g/mol. The van der Waals surface area contributed by atoms with Gasteiger partial charge in [-0.05, 0) is 32.7 Å². The minimum absolute atomic E-state index is 0.0490. The lowest BCUT2D eigenvalue weighted by Crippen LogP contribution is -2.31. The summed E-state index contributed by atoms with van der Waals surface area (Å²) >= 11 is 0. The molecule has 0 saturated heterocycles. The normalized spacial score (nSPS) is 23.9. The Bertz CT molecular complexity index is 430. The Labute approximate surface area is 101 Å². The molecule has 0 aromatic carbocycles. The first-order chi connectivity index (χ1) is 8.26. The third kappa shape index (κ3) is 2.49. The number of nitrogens with zero attached hydrogens (tertiary/aromatic N) is 2. The first-order valence-electron chi connectivity index (χ1n) is 6.18. The van der Waals surface area contributed by atoms with Crippen molar-refractivity contribution in [3.05, 3.63) is 22.7 Å². The van der Waals surface area contributed by atoms with Crippen molar-refractivity contribution in [1.82, 2.24) is 9.55 Å². The summed E-state index contributed by atoms with van der Waals surface area (Å²) in [5.41, 5.74) is 5.53. The van der Waals surface area contributed by atoms with Gasteiger partial charge in [-0.3, -0.25) is 4.79 Å². The van der Waals surface area contributed by atoms with Crippen LogP contribution in [0.2, 0.25) is 0 Å². The number of hydrogen-bond donors (Lipinski definition) is 1. The zero-order valence-corrected chi connectivity index (χ0v) is 10.1. The largest absolute Gasteiger partial charge is 0.470 e. The van der Waals surface area contributed by atoms with Gasteiger partial charge in [0.15, 0.2) is 0 Å². The molecule has 1 aromatic rings. The Morgan fingerprint density at radius 2 is 2.41 bits per heavy atom. The highest BCUT2D eigenvalue weighted by atomic mass is 16.5. The van der Waals surface area contributed by atoms with E-state index in [9.17, 15) is 4.79 Å². The molecule has 1 aromatic heterocycles. The zero-order valence-electron chi connectivity index (χ0n) is 10.1. The first-order valence-corrected chi connectivity index (χ1v) is 6.18. The van der Waals surface area contributed by atoms with Gasteiger partial charge in [0.2, 0.25) is 0 Å². The summed E-state index contributed by atoms with van der Waals surface area (Å²) in [6.07, 6.45) is 6.48. The average molecular weight is 237 g/mol. The molecular weight excluding hydrogens is 218 g/mol. The fourth-order valence-corrected chi connectivity index (χ4v) is 2.33. The molecule has 94 valence electrons. The van der Waals surface area contributed by atoms with Gasteiger partial charge in [0.05, 0.1) is 0 Å². The Kier molecular flexibility index (Phi) is 3.78.